The van der Waals surface area contributed by atoms with Crippen LogP contribution in [0.25, 0.3) is 0 Å². The summed E-state index contributed by atoms with van der Waals surface area (Å²) < 4.78 is 31.6. The Hall–Kier alpha value is -2.26. The summed E-state index contributed by atoms with van der Waals surface area (Å²) in [6.07, 6.45) is 14.8. The summed E-state index contributed by atoms with van der Waals surface area (Å²) in [5.74, 6) is -1.34. The summed E-state index contributed by atoms with van der Waals surface area (Å²) in [4.78, 5) is 26.7. The molecule has 0 amide bonds. The van der Waals surface area contributed by atoms with Crippen LogP contribution in [0.2, 0.25) is 0 Å². The topological polar surface area (TPSA) is 101 Å². The Morgan fingerprint density at radius 3 is 2.76 bits per heavy atom. The molecule has 0 aromatic rings. The highest BCUT2D eigenvalue weighted by Crippen LogP contribution is 2.45. The first-order chi connectivity index (χ1) is 22.0. The van der Waals surface area contributed by atoms with E-state index in [-0.39, 0.29) is 42.8 Å². The number of aliphatic hydroxyl groups excluding tert-OH is 1. The van der Waals surface area contributed by atoms with E-state index in [1.807, 2.05) is 12.2 Å². The van der Waals surface area contributed by atoms with Gasteiger partial charge < -0.3 is 28.8 Å². The van der Waals surface area contributed by atoms with E-state index in [4.69, 9.17) is 23.7 Å². The van der Waals surface area contributed by atoms with E-state index >= 15 is 0 Å². The SMILES string of the molecule is CCC1OC2(CCC1C)CC1CC(C/C=C(\C)CC(C)/C=C/C=C3\COC4C(O)C(COC(=O)CCC(C)C)=CC(C(=O)O1)C34)O2. The second-order valence-electron chi connectivity index (χ2n) is 14.9. The molecule has 8 nitrogen and oxygen atoms in total. The molecule has 5 aliphatic rings. The van der Waals surface area contributed by atoms with E-state index < -0.39 is 23.9 Å². The van der Waals surface area contributed by atoms with Gasteiger partial charge >= 0.3 is 11.9 Å². The number of hydrogen-bond acceptors (Lipinski definition) is 8. The molecule has 3 fully saturated rings. The second-order valence-corrected chi connectivity index (χ2v) is 14.9. The Labute approximate surface area is 275 Å². The van der Waals surface area contributed by atoms with Gasteiger partial charge in [-0.25, -0.2) is 0 Å². The molecule has 0 radical (unpaired) electrons. The van der Waals surface area contributed by atoms with Crippen LogP contribution in [0.15, 0.2) is 47.1 Å². The average Bonchev–Trinajstić information content (AvgIpc) is 3.43. The van der Waals surface area contributed by atoms with Gasteiger partial charge in [0.05, 0.1) is 30.8 Å². The number of hydrogen-bond donors (Lipinski definition) is 1. The van der Waals surface area contributed by atoms with Gasteiger partial charge in [-0.3, -0.25) is 9.59 Å². The smallest absolute Gasteiger partial charge is 0.313 e. The van der Waals surface area contributed by atoms with Gasteiger partial charge in [0.1, 0.15) is 18.8 Å². The summed E-state index contributed by atoms with van der Waals surface area (Å²) in [7, 11) is 0. The molecular formula is C38H56O8. The molecule has 4 heterocycles. The lowest BCUT2D eigenvalue weighted by Crippen LogP contribution is -2.54. The maximum Gasteiger partial charge on any atom is 0.313 e. The number of allylic oxidation sites excluding steroid dienone is 4. The van der Waals surface area contributed by atoms with Crippen molar-refractivity contribution in [3.8, 4) is 0 Å². The molecule has 10 atom stereocenters. The van der Waals surface area contributed by atoms with Gasteiger partial charge in [0.25, 0.3) is 0 Å². The number of rotatable bonds is 6. The lowest BCUT2D eigenvalue weighted by atomic mass is 9.74. The Balaban J connectivity index is 1.45. The fourth-order valence-corrected chi connectivity index (χ4v) is 7.89. The van der Waals surface area contributed by atoms with Crippen LogP contribution >= 0.6 is 0 Å². The molecule has 1 aliphatic carbocycles. The lowest BCUT2D eigenvalue weighted by molar-refractivity contribution is -0.335. The Morgan fingerprint density at radius 1 is 1.20 bits per heavy atom. The minimum atomic E-state index is -0.988. The normalized spacial score (nSPS) is 41.4. The number of esters is 2. The van der Waals surface area contributed by atoms with Gasteiger partial charge in [0.15, 0.2) is 5.79 Å². The van der Waals surface area contributed by atoms with Crippen molar-refractivity contribution < 1.29 is 38.4 Å². The van der Waals surface area contributed by atoms with Crippen molar-refractivity contribution in [1.29, 1.82) is 0 Å². The second kappa shape index (κ2) is 15.3. The van der Waals surface area contributed by atoms with Crippen LogP contribution in [0.4, 0.5) is 0 Å². The zero-order chi connectivity index (χ0) is 33.0. The number of ether oxygens (including phenoxy) is 5. The predicted octanol–water partition coefficient (Wildman–Crippen LogP) is 6.77. The zero-order valence-corrected chi connectivity index (χ0v) is 28.7. The minimum Gasteiger partial charge on any atom is -0.462 e. The summed E-state index contributed by atoms with van der Waals surface area (Å²) >= 11 is 0. The van der Waals surface area contributed by atoms with E-state index in [0.29, 0.717) is 49.2 Å². The third-order valence-electron chi connectivity index (χ3n) is 10.5. The van der Waals surface area contributed by atoms with Crippen LogP contribution < -0.4 is 0 Å². The summed E-state index contributed by atoms with van der Waals surface area (Å²) in [6, 6.07) is 0. The molecular weight excluding hydrogens is 584 g/mol. The monoisotopic (exact) mass is 640 g/mol. The zero-order valence-electron chi connectivity index (χ0n) is 28.7. The average molecular weight is 641 g/mol. The van der Waals surface area contributed by atoms with Crippen molar-refractivity contribution in [2.45, 2.75) is 136 Å². The molecule has 0 aromatic heterocycles. The van der Waals surface area contributed by atoms with Crippen molar-refractivity contribution in [1.82, 2.24) is 0 Å². The first kappa shape index (κ1) is 35.1. The fourth-order valence-electron chi connectivity index (χ4n) is 7.89. The molecule has 4 aliphatic heterocycles. The van der Waals surface area contributed by atoms with E-state index in [1.165, 1.54) is 5.57 Å². The largest absolute Gasteiger partial charge is 0.462 e. The molecule has 10 unspecified atom stereocenters. The highest BCUT2D eigenvalue weighted by atomic mass is 16.7. The molecule has 1 N–H and O–H groups in total. The van der Waals surface area contributed by atoms with Gasteiger partial charge in [-0.15, -0.1) is 0 Å². The third-order valence-corrected chi connectivity index (χ3v) is 10.5. The number of fused-ring (bicyclic) bond motifs is 2. The van der Waals surface area contributed by atoms with E-state index in [9.17, 15) is 14.7 Å². The van der Waals surface area contributed by atoms with Gasteiger partial charge in [-0.05, 0) is 67.9 Å². The van der Waals surface area contributed by atoms with E-state index in [1.54, 1.807) is 6.08 Å². The minimum absolute atomic E-state index is 0.0799. The standard InChI is InChI=1S/C38H56O8/c1-7-32-26(6)15-16-38(46-32)20-30-19-29(45-38)13-12-25(5)17-24(4)9-8-10-27-21-43-36-34(27)31(37(41)44-30)18-28(35(36)40)22-42-33(39)14-11-23(2)3/h8-10,12,18,23-24,26,29-32,34-36,40H,7,11,13-17,19-22H2,1-6H3/b9-8+,25-12+,27-10+. The van der Waals surface area contributed by atoms with E-state index in [2.05, 4.69) is 53.7 Å². The number of aliphatic hydroxyl groups is 1. The number of carbonyl (C=O) groups excluding carboxylic acids is 2. The van der Waals surface area contributed by atoms with Crippen molar-refractivity contribution in [2.75, 3.05) is 13.2 Å². The van der Waals surface area contributed by atoms with Crippen molar-refractivity contribution in [2.24, 2.45) is 29.6 Å². The molecule has 1 spiro atoms. The maximum absolute atomic E-state index is 14.2. The van der Waals surface area contributed by atoms with Crippen molar-refractivity contribution >= 4 is 11.9 Å². The van der Waals surface area contributed by atoms with Crippen LogP contribution in [0, 0.1) is 29.6 Å². The summed E-state index contributed by atoms with van der Waals surface area (Å²) in [6.45, 7) is 13.1. The van der Waals surface area contributed by atoms with E-state index in [0.717, 1.165) is 44.1 Å². The Morgan fingerprint density at radius 2 is 2.00 bits per heavy atom. The van der Waals surface area contributed by atoms with Crippen LogP contribution in [0.1, 0.15) is 99.3 Å². The first-order valence-electron chi connectivity index (χ1n) is 17.7. The molecule has 46 heavy (non-hydrogen) atoms. The Kier molecular flexibility index (Phi) is 11.7. The highest BCUT2D eigenvalue weighted by molar-refractivity contribution is 5.77. The van der Waals surface area contributed by atoms with Crippen LogP contribution in [-0.2, 0) is 33.3 Å². The molecule has 2 bridgehead atoms. The molecule has 256 valence electrons. The van der Waals surface area contributed by atoms with Gasteiger partial charge in [0.2, 0.25) is 0 Å². The molecule has 8 heteroatoms. The lowest BCUT2D eigenvalue weighted by Gasteiger charge is -2.49. The van der Waals surface area contributed by atoms with Gasteiger partial charge in [-0.1, -0.05) is 70.6 Å². The molecule has 0 aromatic carbocycles. The van der Waals surface area contributed by atoms with Crippen LogP contribution in [0.3, 0.4) is 0 Å². The van der Waals surface area contributed by atoms with Crippen molar-refractivity contribution in [3.05, 3.63) is 47.1 Å². The fraction of sp³-hybridized carbons (Fsp3) is 0.737. The molecule has 0 saturated carbocycles. The summed E-state index contributed by atoms with van der Waals surface area (Å²) in [5, 5.41) is 11.4. The summed E-state index contributed by atoms with van der Waals surface area (Å²) in [5.41, 5.74) is 2.74. The van der Waals surface area contributed by atoms with Gasteiger partial charge in [-0.2, -0.15) is 0 Å². The maximum atomic E-state index is 14.2. The highest BCUT2D eigenvalue weighted by Gasteiger charge is 2.51. The molecule has 3 saturated heterocycles. The van der Waals surface area contributed by atoms with Gasteiger partial charge in [0, 0.05) is 31.6 Å². The van der Waals surface area contributed by atoms with Crippen LogP contribution in [-0.4, -0.2) is 66.6 Å². The molecule has 5 rings (SSSR count). The quantitative estimate of drug-likeness (QED) is 0.251. The van der Waals surface area contributed by atoms with Crippen LogP contribution in [0.5, 0.6) is 0 Å². The number of carbonyl (C=O) groups is 2. The van der Waals surface area contributed by atoms with Crippen molar-refractivity contribution in [3.63, 3.8) is 0 Å². The first-order valence-corrected chi connectivity index (χ1v) is 17.7. The Bertz CT molecular complexity index is 1210. The predicted molar refractivity (Wildman–Crippen MR) is 175 cm³/mol. The third kappa shape index (κ3) is 8.41.